The molecule has 1 saturated heterocycles. The zero-order valence-electron chi connectivity index (χ0n) is 11.2. The second-order valence-electron chi connectivity index (χ2n) is 5.04. The lowest BCUT2D eigenvalue weighted by molar-refractivity contribution is 0.0576. The first-order chi connectivity index (χ1) is 9.08. The summed E-state index contributed by atoms with van der Waals surface area (Å²) in [6, 6.07) is 5.78. The van der Waals surface area contributed by atoms with Gasteiger partial charge in [-0.3, -0.25) is 5.41 Å². The van der Waals surface area contributed by atoms with Gasteiger partial charge in [0.15, 0.2) is 0 Å². The van der Waals surface area contributed by atoms with E-state index in [9.17, 15) is 0 Å². The van der Waals surface area contributed by atoms with Crippen LogP contribution in [0.4, 0.5) is 5.69 Å². The number of nitrogens with zero attached hydrogens (tertiary/aromatic N) is 1. The maximum atomic E-state index is 7.44. The SMILES string of the molecule is CN(CC1CCCOC1)c1ccc(C(=N)N)cc1Br. The van der Waals surface area contributed by atoms with E-state index in [2.05, 4.69) is 27.9 Å². The Bertz CT molecular complexity index is 458. The summed E-state index contributed by atoms with van der Waals surface area (Å²) in [7, 11) is 2.09. The normalized spacial score (nSPS) is 19.2. The van der Waals surface area contributed by atoms with Crippen LogP contribution in [0.15, 0.2) is 22.7 Å². The highest BCUT2D eigenvalue weighted by molar-refractivity contribution is 9.10. The second-order valence-corrected chi connectivity index (χ2v) is 5.90. The summed E-state index contributed by atoms with van der Waals surface area (Å²) in [6.45, 7) is 2.74. The number of halogens is 1. The molecule has 0 bridgehead atoms. The van der Waals surface area contributed by atoms with E-state index >= 15 is 0 Å². The van der Waals surface area contributed by atoms with Crippen LogP contribution in [-0.2, 0) is 4.74 Å². The van der Waals surface area contributed by atoms with E-state index < -0.39 is 0 Å². The summed E-state index contributed by atoms with van der Waals surface area (Å²) >= 11 is 3.56. The summed E-state index contributed by atoms with van der Waals surface area (Å²) in [5.74, 6) is 0.689. The van der Waals surface area contributed by atoms with Crippen molar-refractivity contribution < 1.29 is 4.74 Å². The molecule has 1 heterocycles. The maximum Gasteiger partial charge on any atom is 0.122 e. The molecule has 1 fully saturated rings. The molecule has 1 aliphatic heterocycles. The third-order valence-electron chi connectivity index (χ3n) is 3.46. The molecule has 19 heavy (non-hydrogen) atoms. The number of nitrogens with two attached hydrogens (primary N) is 1. The van der Waals surface area contributed by atoms with E-state index in [1.165, 1.54) is 6.42 Å². The minimum absolute atomic E-state index is 0.0931. The number of hydrogen-bond acceptors (Lipinski definition) is 3. The molecule has 1 unspecified atom stereocenters. The number of nitrogens with one attached hydrogen (secondary N) is 1. The Labute approximate surface area is 122 Å². The minimum Gasteiger partial charge on any atom is -0.384 e. The molecule has 0 aliphatic carbocycles. The lowest BCUT2D eigenvalue weighted by atomic mass is 10.0. The van der Waals surface area contributed by atoms with Crippen molar-refractivity contribution in [2.45, 2.75) is 12.8 Å². The van der Waals surface area contributed by atoms with E-state index in [4.69, 9.17) is 15.9 Å². The van der Waals surface area contributed by atoms with Gasteiger partial charge in [0, 0.05) is 30.2 Å². The van der Waals surface area contributed by atoms with Crippen molar-refractivity contribution in [3.63, 3.8) is 0 Å². The summed E-state index contributed by atoms with van der Waals surface area (Å²) in [5, 5.41) is 7.44. The van der Waals surface area contributed by atoms with Gasteiger partial charge in [-0.15, -0.1) is 0 Å². The highest BCUT2D eigenvalue weighted by Crippen LogP contribution is 2.28. The van der Waals surface area contributed by atoms with Gasteiger partial charge in [0.05, 0.1) is 12.3 Å². The van der Waals surface area contributed by atoms with E-state index in [1.54, 1.807) is 0 Å². The van der Waals surface area contributed by atoms with Gasteiger partial charge in [-0.25, -0.2) is 0 Å². The molecule has 1 atom stereocenters. The number of ether oxygens (including phenoxy) is 1. The third-order valence-corrected chi connectivity index (χ3v) is 4.09. The van der Waals surface area contributed by atoms with E-state index in [0.29, 0.717) is 5.92 Å². The predicted octanol–water partition coefficient (Wildman–Crippen LogP) is 2.60. The van der Waals surface area contributed by atoms with Crippen molar-refractivity contribution in [2.75, 3.05) is 31.7 Å². The van der Waals surface area contributed by atoms with Crippen molar-refractivity contribution in [2.24, 2.45) is 11.7 Å². The average molecular weight is 326 g/mol. The van der Waals surface area contributed by atoms with Crippen LogP contribution in [0.2, 0.25) is 0 Å². The van der Waals surface area contributed by atoms with Crippen LogP contribution in [0.5, 0.6) is 0 Å². The lowest BCUT2D eigenvalue weighted by Crippen LogP contribution is -2.31. The fourth-order valence-electron chi connectivity index (χ4n) is 2.42. The number of amidine groups is 1. The smallest absolute Gasteiger partial charge is 0.122 e. The summed E-state index contributed by atoms with van der Waals surface area (Å²) in [5.41, 5.74) is 7.35. The summed E-state index contributed by atoms with van der Waals surface area (Å²) in [6.07, 6.45) is 2.39. The van der Waals surface area contributed by atoms with E-state index in [1.807, 2.05) is 18.2 Å². The van der Waals surface area contributed by atoms with Crippen LogP contribution < -0.4 is 10.6 Å². The Balaban J connectivity index is 2.05. The lowest BCUT2D eigenvalue weighted by Gasteiger charge is -2.29. The van der Waals surface area contributed by atoms with Gasteiger partial charge >= 0.3 is 0 Å². The fraction of sp³-hybridized carbons (Fsp3) is 0.500. The average Bonchev–Trinajstić information content (AvgIpc) is 2.39. The molecule has 0 saturated carbocycles. The Morgan fingerprint density at radius 3 is 2.95 bits per heavy atom. The molecule has 3 N–H and O–H groups in total. The first-order valence-electron chi connectivity index (χ1n) is 6.50. The minimum atomic E-state index is 0.0931. The highest BCUT2D eigenvalue weighted by Gasteiger charge is 2.17. The van der Waals surface area contributed by atoms with Crippen LogP contribution >= 0.6 is 15.9 Å². The quantitative estimate of drug-likeness (QED) is 0.660. The predicted molar refractivity (Wildman–Crippen MR) is 82.0 cm³/mol. The number of nitrogen functional groups attached to an aromatic ring is 1. The molecule has 1 aromatic rings. The van der Waals surface area contributed by atoms with Crippen LogP contribution in [0.25, 0.3) is 0 Å². The molecular formula is C14H20BrN3O. The molecule has 5 heteroatoms. The van der Waals surface area contributed by atoms with Crippen molar-refractivity contribution >= 4 is 27.5 Å². The van der Waals surface area contributed by atoms with Gasteiger partial charge in [0.1, 0.15) is 5.84 Å². The topological polar surface area (TPSA) is 62.3 Å². The Morgan fingerprint density at radius 2 is 2.37 bits per heavy atom. The molecule has 104 valence electrons. The zero-order valence-corrected chi connectivity index (χ0v) is 12.7. The van der Waals surface area contributed by atoms with Crippen molar-refractivity contribution in [1.82, 2.24) is 0 Å². The standard InChI is InChI=1S/C14H20BrN3O/c1-18(8-10-3-2-6-19-9-10)13-5-4-11(14(16)17)7-12(13)15/h4-5,7,10H,2-3,6,8-9H2,1H3,(H3,16,17). The van der Waals surface area contributed by atoms with Crippen LogP contribution in [0.3, 0.4) is 0 Å². The molecule has 1 aliphatic rings. The monoisotopic (exact) mass is 325 g/mol. The third kappa shape index (κ3) is 3.70. The molecule has 1 aromatic carbocycles. The molecule has 0 amide bonds. The van der Waals surface area contributed by atoms with Crippen molar-refractivity contribution in [3.8, 4) is 0 Å². The van der Waals surface area contributed by atoms with E-state index in [-0.39, 0.29) is 5.84 Å². The number of hydrogen-bond donors (Lipinski definition) is 2. The van der Waals surface area contributed by atoms with Crippen LogP contribution in [0.1, 0.15) is 18.4 Å². The largest absolute Gasteiger partial charge is 0.384 e. The number of rotatable bonds is 4. The fourth-order valence-corrected chi connectivity index (χ4v) is 3.10. The Hall–Kier alpha value is -1.07. The highest BCUT2D eigenvalue weighted by atomic mass is 79.9. The van der Waals surface area contributed by atoms with E-state index in [0.717, 1.165) is 41.9 Å². The molecule has 2 rings (SSSR count). The Kier molecular flexibility index (Phi) is 4.82. The summed E-state index contributed by atoms with van der Waals surface area (Å²) in [4.78, 5) is 2.23. The van der Waals surface area contributed by atoms with Crippen molar-refractivity contribution in [3.05, 3.63) is 28.2 Å². The molecule has 0 radical (unpaired) electrons. The molecule has 0 aromatic heterocycles. The first kappa shape index (κ1) is 14.3. The van der Waals surface area contributed by atoms with Crippen molar-refractivity contribution in [1.29, 1.82) is 5.41 Å². The zero-order chi connectivity index (χ0) is 13.8. The van der Waals surface area contributed by atoms with Gasteiger partial charge in [-0.2, -0.15) is 0 Å². The van der Waals surface area contributed by atoms with Gasteiger partial charge in [0.25, 0.3) is 0 Å². The maximum absolute atomic E-state index is 7.44. The van der Waals surface area contributed by atoms with Gasteiger partial charge in [-0.05, 0) is 52.9 Å². The van der Waals surface area contributed by atoms with Crippen LogP contribution in [0, 0.1) is 11.3 Å². The number of anilines is 1. The first-order valence-corrected chi connectivity index (χ1v) is 7.30. The molecule has 0 spiro atoms. The van der Waals surface area contributed by atoms with Gasteiger partial charge < -0.3 is 15.4 Å². The summed E-state index contributed by atoms with van der Waals surface area (Å²) < 4.78 is 6.49. The Morgan fingerprint density at radius 1 is 1.58 bits per heavy atom. The van der Waals surface area contributed by atoms with Gasteiger partial charge in [0.2, 0.25) is 0 Å². The van der Waals surface area contributed by atoms with Gasteiger partial charge in [-0.1, -0.05) is 0 Å². The number of benzene rings is 1. The second kappa shape index (κ2) is 6.39. The molecular weight excluding hydrogens is 306 g/mol. The van der Waals surface area contributed by atoms with Crippen LogP contribution in [-0.4, -0.2) is 32.6 Å². The molecule has 4 nitrogen and oxygen atoms in total.